The van der Waals surface area contributed by atoms with Crippen LogP contribution in [-0.2, 0) is 28.6 Å². The standard InChI is InChI=1S/C12H14O9/c1-4-8(14)19-11(17,7-13)12(18,20-9(15)5-2)21-10(16)6-3/h4-6,13,17-18H,1-3,7H2. The summed E-state index contributed by atoms with van der Waals surface area (Å²) in [7, 11) is 0. The van der Waals surface area contributed by atoms with E-state index < -0.39 is 36.3 Å². The minimum atomic E-state index is -3.54. The second kappa shape index (κ2) is 7.33. The molecule has 0 aliphatic rings. The molecule has 9 nitrogen and oxygen atoms in total. The molecule has 0 heterocycles. The third-order valence-corrected chi connectivity index (χ3v) is 1.96. The highest BCUT2D eigenvalue weighted by molar-refractivity contribution is 5.84. The number of aliphatic hydroxyl groups excluding tert-OH is 1. The largest absolute Gasteiger partial charge is 0.446 e. The molecule has 0 rings (SSSR count). The van der Waals surface area contributed by atoms with Crippen molar-refractivity contribution in [2.45, 2.75) is 11.8 Å². The van der Waals surface area contributed by atoms with Crippen molar-refractivity contribution in [3.8, 4) is 0 Å². The van der Waals surface area contributed by atoms with Gasteiger partial charge in [-0.05, 0) is 0 Å². The molecular weight excluding hydrogens is 288 g/mol. The van der Waals surface area contributed by atoms with Crippen molar-refractivity contribution in [2.75, 3.05) is 6.61 Å². The van der Waals surface area contributed by atoms with Gasteiger partial charge < -0.3 is 29.5 Å². The molecule has 0 aliphatic carbocycles. The Kier molecular flexibility index (Phi) is 6.46. The highest BCUT2D eigenvalue weighted by atomic mass is 16.9. The molecule has 116 valence electrons. The van der Waals surface area contributed by atoms with Crippen LogP contribution in [-0.4, -0.2) is 51.6 Å². The molecule has 0 fully saturated rings. The monoisotopic (exact) mass is 302 g/mol. The smallest absolute Gasteiger partial charge is 0.416 e. The summed E-state index contributed by atoms with van der Waals surface area (Å²) < 4.78 is 12.8. The van der Waals surface area contributed by atoms with Gasteiger partial charge in [-0.25, -0.2) is 14.4 Å². The Hall–Kier alpha value is -2.49. The predicted molar refractivity (Wildman–Crippen MR) is 65.9 cm³/mol. The molecule has 0 radical (unpaired) electrons. The first kappa shape index (κ1) is 18.5. The van der Waals surface area contributed by atoms with E-state index in [9.17, 15) is 24.6 Å². The summed E-state index contributed by atoms with van der Waals surface area (Å²) in [5, 5.41) is 29.0. The van der Waals surface area contributed by atoms with Gasteiger partial charge in [0.25, 0.3) is 0 Å². The predicted octanol–water partition coefficient (Wildman–Crippen LogP) is -1.50. The maximum Gasteiger partial charge on any atom is 0.446 e. The van der Waals surface area contributed by atoms with Gasteiger partial charge in [0.15, 0.2) is 0 Å². The molecule has 3 N–H and O–H groups in total. The number of hydrogen-bond acceptors (Lipinski definition) is 9. The fraction of sp³-hybridized carbons (Fsp3) is 0.250. The third kappa shape index (κ3) is 4.53. The molecule has 9 heteroatoms. The summed E-state index contributed by atoms with van der Waals surface area (Å²) in [6.07, 6.45) is 1.69. The Morgan fingerprint density at radius 2 is 1.19 bits per heavy atom. The lowest BCUT2D eigenvalue weighted by atomic mass is 10.2. The minimum Gasteiger partial charge on any atom is -0.416 e. The number of rotatable bonds is 8. The van der Waals surface area contributed by atoms with Crippen LogP contribution in [0.5, 0.6) is 0 Å². The maximum absolute atomic E-state index is 11.1. The van der Waals surface area contributed by atoms with E-state index in [2.05, 4.69) is 33.9 Å². The van der Waals surface area contributed by atoms with Gasteiger partial charge in [-0.15, -0.1) is 0 Å². The van der Waals surface area contributed by atoms with E-state index in [-0.39, 0.29) is 0 Å². The lowest BCUT2D eigenvalue weighted by Crippen LogP contribution is -2.63. The quantitative estimate of drug-likeness (QED) is 0.277. The second-order valence-corrected chi connectivity index (χ2v) is 3.40. The number of esters is 3. The molecule has 0 amide bonds. The second-order valence-electron chi connectivity index (χ2n) is 3.40. The molecule has 0 aromatic carbocycles. The molecule has 0 aromatic rings. The Bertz CT molecular complexity index is 445. The maximum atomic E-state index is 11.1. The van der Waals surface area contributed by atoms with Crippen LogP contribution < -0.4 is 0 Å². The van der Waals surface area contributed by atoms with Crippen LogP contribution >= 0.6 is 0 Å². The fourth-order valence-electron chi connectivity index (χ4n) is 0.941. The van der Waals surface area contributed by atoms with Gasteiger partial charge in [0.05, 0.1) is 0 Å². The molecule has 0 aliphatic heterocycles. The first-order chi connectivity index (χ1) is 9.67. The summed E-state index contributed by atoms with van der Waals surface area (Å²) in [6.45, 7) is 7.56. The number of carbonyl (C=O) groups excluding carboxylic acids is 3. The van der Waals surface area contributed by atoms with Crippen molar-refractivity contribution < 1.29 is 43.9 Å². The molecule has 21 heavy (non-hydrogen) atoms. The van der Waals surface area contributed by atoms with Crippen molar-refractivity contribution in [1.29, 1.82) is 0 Å². The zero-order valence-electron chi connectivity index (χ0n) is 10.9. The Morgan fingerprint density at radius 3 is 1.48 bits per heavy atom. The van der Waals surface area contributed by atoms with Crippen LogP contribution in [0.4, 0.5) is 0 Å². The van der Waals surface area contributed by atoms with Crippen molar-refractivity contribution in [2.24, 2.45) is 0 Å². The molecule has 0 saturated carbocycles. The van der Waals surface area contributed by atoms with Crippen LogP contribution in [0.2, 0.25) is 0 Å². The normalized spacial score (nSPS) is 13.3. The van der Waals surface area contributed by atoms with Gasteiger partial charge in [0.1, 0.15) is 6.61 Å². The fourth-order valence-corrected chi connectivity index (χ4v) is 0.941. The Morgan fingerprint density at radius 1 is 0.857 bits per heavy atom. The highest BCUT2D eigenvalue weighted by Crippen LogP contribution is 2.28. The van der Waals surface area contributed by atoms with Crippen molar-refractivity contribution >= 4 is 17.9 Å². The number of carbonyl (C=O) groups is 3. The average molecular weight is 302 g/mol. The lowest BCUT2D eigenvalue weighted by Gasteiger charge is -2.37. The molecular formula is C12H14O9. The first-order valence-corrected chi connectivity index (χ1v) is 5.29. The molecule has 1 atom stereocenters. The van der Waals surface area contributed by atoms with Crippen LogP contribution in [0.25, 0.3) is 0 Å². The van der Waals surface area contributed by atoms with Crippen molar-refractivity contribution in [3.63, 3.8) is 0 Å². The zero-order chi connectivity index (χ0) is 16.7. The van der Waals surface area contributed by atoms with Gasteiger partial charge in [-0.1, -0.05) is 19.7 Å². The lowest BCUT2D eigenvalue weighted by molar-refractivity contribution is -0.445. The van der Waals surface area contributed by atoms with Crippen molar-refractivity contribution in [1.82, 2.24) is 0 Å². The Balaban J connectivity index is 5.68. The van der Waals surface area contributed by atoms with Crippen molar-refractivity contribution in [3.05, 3.63) is 38.0 Å². The van der Waals surface area contributed by atoms with Gasteiger partial charge in [0, 0.05) is 18.2 Å². The van der Waals surface area contributed by atoms with E-state index >= 15 is 0 Å². The van der Waals surface area contributed by atoms with Gasteiger partial charge in [0.2, 0.25) is 0 Å². The van der Waals surface area contributed by atoms with E-state index in [1.807, 2.05) is 0 Å². The molecule has 1 unspecified atom stereocenters. The van der Waals surface area contributed by atoms with E-state index in [1.54, 1.807) is 0 Å². The van der Waals surface area contributed by atoms with E-state index in [1.165, 1.54) is 0 Å². The third-order valence-electron chi connectivity index (χ3n) is 1.96. The topological polar surface area (TPSA) is 140 Å². The summed E-state index contributed by atoms with van der Waals surface area (Å²) >= 11 is 0. The van der Waals surface area contributed by atoms with E-state index in [0.717, 1.165) is 0 Å². The highest BCUT2D eigenvalue weighted by Gasteiger charge is 2.60. The van der Waals surface area contributed by atoms with Crippen LogP contribution in [0.3, 0.4) is 0 Å². The summed E-state index contributed by atoms with van der Waals surface area (Å²) in [5.74, 6) is -10.9. The first-order valence-electron chi connectivity index (χ1n) is 5.29. The van der Waals surface area contributed by atoms with Crippen LogP contribution in [0, 0.1) is 0 Å². The molecule has 0 spiro atoms. The number of hydrogen-bond donors (Lipinski definition) is 3. The molecule has 0 saturated heterocycles. The van der Waals surface area contributed by atoms with Gasteiger partial charge >= 0.3 is 29.7 Å². The van der Waals surface area contributed by atoms with Gasteiger partial charge in [-0.3, -0.25) is 0 Å². The van der Waals surface area contributed by atoms with E-state index in [4.69, 9.17) is 5.11 Å². The van der Waals surface area contributed by atoms with Crippen LogP contribution in [0.1, 0.15) is 0 Å². The molecule has 0 bridgehead atoms. The minimum absolute atomic E-state index is 0.555. The van der Waals surface area contributed by atoms with Crippen LogP contribution in [0.15, 0.2) is 38.0 Å². The number of ether oxygens (including phenoxy) is 3. The van der Waals surface area contributed by atoms with Gasteiger partial charge in [-0.2, -0.15) is 0 Å². The summed E-state index contributed by atoms with van der Waals surface area (Å²) in [5.41, 5.74) is 0. The molecule has 0 aromatic heterocycles. The average Bonchev–Trinajstić information content (AvgIpc) is 2.45. The summed E-state index contributed by atoms with van der Waals surface area (Å²) in [6, 6.07) is 0. The SMILES string of the molecule is C=CC(=O)OC(O)(CO)C(O)(OC(=O)C=C)OC(=O)C=C. The Labute approximate surface area is 119 Å². The van der Waals surface area contributed by atoms with E-state index in [0.29, 0.717) is 18.2 Å². The zero-order valence-corrected chi connectivity index (χ0v) is 10.9. The summed E-state index contributed by atoms with van der Waals surface area (Å²) in [4.78, 5) is 33.4. The number of aliphatic hydroxyl groups is 3.